The number of alkyl halides is 1. The zero-order chi connectivity index (χ0) is 8.81. The zero-order valence-corrected chi connectivity index (χ0v) is 9.41. The maximum absolute atomic E-state index is 2.40. The average molecular weight is 272 g/mol. The normalized spacial score (nSPS) is 10.8. The summed E-state index contributed by atoms with van der Waals surface area (Å²) >= 11 is 2.40. The molecule has 0 atom stereocenters. The van der Waals surface area contributed by atoms with Gasteiger partial charge in [0.2, 0.25) is 0 Å². The largest absolute Gasteiger partial charge is 0.0842 e. The van der Waals surface area contributed by atoms with Crippen molar-refractivity contribution in [2.45, 2.75) is 17.8 Å². The number of rotatable bonds is 3. The first-order chi connectivity index (χ1) is 5.88. The summed E-state index contributed by atoms with van der Waals surface area (Å²) in [6.45, 7) is 2.16. The van der Waals surface area contributed by atoms with Crippen LogP contribution < -0.4 is 0 Å². The third-order valence-electron chi connectivity index (χ3n) is 1.73. The Morgan fingerprint density at radius 3 is 2.75 bits per heavy atom. The molecule has 0 saturated carbocycles. The highest BCUT2D eigenvalue weighted by Gasteiger charge is 1.93. The lowest BCUT2D eigenvalue weighted by molar-refractivity contribution is 1.23. The first-order valence-electron chi connectivity index (χ1n) is 4.19. The highest BCUT2D eigenvalue weighted by Crippen LogP contribution is 2.14. The van der Waals surface area contributed by atoms with Crippen LogP contribution in [0.1, 0.15) is 24.5 Å². The fourth-order valence-corrected chi connectivity index (χ4v) is 1.76. The van der Waals surface area contributed by atoms with Crippen LogP contribution >= 0.6 is 22.6 Å². The molecule has 0 radical (unpaired) electrons. The Morgan fingerprint density at radius 2 is 2.08 bits per heavy atom. The Balaban J connectivity index is 2.89. The van der Waals surface area contributed by atoms with E-state index >= 15 is 0 Å². The van der Waals surface area contributed by atoms with Gasteiger partial charge in [0, 0.05) is 4.43 Å². The number of hydrogen-bond acceptors (Lipinski definition) is 0. The summed E-state index contributed by atoms with van der Waals surface area (Å²) in [4.78, 5) is 0. The SMILES string of the molecule is CCC=Cc1ccccc1CI. The molecule has 0 aliphatic rings. The van der Waals surface area contributed by atoms with Crippen molar-refractivity contribution in [3.05, 3.63) is 41.5 Å². The van der Waals surface area contributed by atoms with Crippen molar-refractivity contribution in [2.24, 2.45) is 0 Å². The number of benzene rings is 1. The topological polar surface area (TPSA) is 0 Å². The molecule has 0 nitrogen and oxygen atoms in total. The van der Waals surface area contributed by atoms with Gasteiger partial charge < -0.3 is 0 Å². The van der Waals surface area contributed by atoms with Crippen molar-refractivity contribution in [1.82, 2.24) is 0 Å². The smallest absolute Gasteiger partial charge is 0.0253 e. The van der Waals surface area contributed by atoms with Crippen LogP contribution in [-0.2, 0) is 4.43 Å². The molecular formula is C11H13I. The first-order valence-corrected chi connectivity index (χ1v) is 5.71. The van der Waals surface area contributed by atoms with E-state index in [4.69, 9.17) is 0 Å². The average Bonchev–Trinajstić information content (AvgIpc) is 2.15. The van der Waals surface area contributed by atoms with E-state index in [2.05, 4.69) is 65.9 Å². The molecule has 64 valence electrons. The van der Waals surface area contributed by atoms with Crippen LogP contribution in [0, 0.1) is 0 Å². The van der Waals surface area contributed by atoms with Crippen LogP contribution in [0.25, 0.3) is 6.08 Å². The Hall–Kier alpha value is -0.310. The summed E-state index contributed by atoms with van der Waals surface area (Å²) in [5, 5.41) is 0. The summed E-state index contributed by atoms with van der Waals surface area (Å²) in [6, 6.07) is 8.53. The summed E-state index contributed by atoms with van der Waals surface area (Å²) in [5.41, 5.74) is 2.77. The monoisotopic (exact) mass is 272 g/mol. The molecule has 0 saturated heterocycles. The second-order valence-corrected chi connectivity index (χ2v) is 3.41. The Bertz CT molecular complexity index is 263. The lowest BCUT2D eigenvalue weighted by atomic mass is 10.1. The molecule has 0 spiro atoms. The van der Waals surface area contributed by atoms with Crippen molar-refractivity contribution in [3.63, 3.8) is 0 Å². The second kappa shape index (κ2) is 5.36. The van der Waals surface area contributed by atoms with E-state index in [0.717, 1.165) is 10.8 Å². The van der Waals surface area contributed by atoms with Crippen molar-refractivity contribution < 1.29 is 0 Å². The standard InChI is InChI=1S/C11H13I/c1-2-3-6-10-7-4-5-8-11(10)9-12/h3-8H,2,9H2,1H3. The van der Waals surface area contributed by atoms with Crippen LogP contribution in [0.4, 0.5) is 0 Å². The fourth-order valence-electron chi connectivity index (χ4n) is 1.06. The molecule has 1 heteroatoms. The van der Waals surface area contributed by atoms with Gasteiger partial charge in [0.05, 0.1) is 0 Å². The molecule has 0 aromatic heterocycles. The summed E-state index contributed by atoms with van der Waals surface area (Å²) in [7, 11) is 0. The summed E-state index contributed by atoms with van der Waals surface area (Å²) in [6.07, 6.45) is 5.51. The van der Waals surface area contributed by atoms with Gasteiger partial charge in [-0.2, -0.15) is 0 Å². The van der Waals surface area contributed by atoms with E-state index in [1.165, 1.54) is 11.1 Å². The van der Waals surface area contributed by atoms with Gasteiger partial charge >= 0.3 is 0 Å². The van der Waals surface area contributed by atoms with Crippen molar-refractivity contribution in [3.8, 4) is 0 Å². The van der Waals surface area contributed by atoms with E-state index in [9.17, 15) is 0 Å². The van der Waals surface area contributed by atoms with Crippen LogP contribution in [-0.4, -0.2) is 0 Å². The van der Waals surface area contributed by atoms with Crippen LogP contribution in [0.15, 0.2) is 30.3 Å². The minimum atomic E-state index is 1.09. The third-order valence-corrected chi connectivity index (χ3v) is 2.55. The number of allylic oxidation sites excluding steroid dienone is 1. The third kappa shape index (κ3) is 2.63. The summed E-state index contributed by atoms with van der Waals surface area (Å²) < 4.78 is 1.09. The minimum absolute atomic E-state index is 1.09. The highest BCUT2D eigenvalue weighted by atomic mass is 127. The van der Waals surface area contributed by atoms with Gasteiger partial charge in [0.15, 0.2) is 0 Å². The van der Waals surface area contributed by atoms with Crippen molar-refractivity contribution in [2.75, 3.05) is 0 Å². The van der Waals surface area contributed by atoms with E-state index < -0.39 is 0 Å². The molecule has 0 N–H and O–H groups in total. The Kier molecular flexibility index (Phi) is 4.36. The van der Waals surface area contributed by atoms with Gasteiger partial charge in [-0.25, -0.2) is 0 Å². The molecule has 12 heavy (non-hydrogen) atoms. The fraction of sp³-hybridized carbons (Fsp3) is 0.273. The Morgan fingerprint density at radius 1 is 1.33 bits per heavy atom. The van der Waals surface area contributed by atoms with E-state index in [0.29, 0.717) is 0 Å². The van der Waals surface area contributed by atoms with Gasteiger partial charge in [-0.05, 0) is 17.5 Å². The van der Waals surface area contributed by atoms with Crippen LogP contribution in [0.3, 0.4) is 0 Å². The highest BCUT2D eigenvalue weighted by molar-refractivity contribution is 14.1. The number of halogens is 1. The maximum Gasteiger partial charge on any atom is 0.0253 e. The first kappa shape index (κ1) is 9.78. The lowest BCUT2D eigenvalue weighted by Gasteiger charge is -2.00. The molecule has 0 aliphatic carbocycles. The van der Waals surface area contributed by atoms with Crippen molar-refractivity contribution in [1.29, 1.82) is 0 Å². The predicted molar refractivity (Wildman–Crippen MR) is 63.5 cm³/mol. The molecule has 0 unspecified atom stereocenters. The van der Waals surface area contributed by atoms with Gasteiger partial charge in [0.25, 0.3) is 0 Å². The predicted octanol–water partition coefficient (Wildman–Crippen LogP) is 4.04. The molecule has 1 aromatic rings. The van der Waals surface area contributed by atoms with E-state index in [-0.39, 0.29) is 0 Å². The molecule has 0 heterocycles. The van der Waals surface area contributed by atoms with Crippen LogP contribution in [0.2, 0.25) is 0 Å². The Labute approximate surface area is 87.8 Å². The molecule has 0 fully saturated rings. The van der Waals surface area contributed by atoms with Gasteiger partial charge in [-0.1, -0.05) is 65.9 Å². The molecule has 0 aliphatic heterocycles. The van der Waals surface area contributed by atoms with E-state index in [1.807, 2.05) is 0 Å². The minimum Gasteiger partial charge on any atom is -0.0842 e. The van der Waals surface area contributed by atoms with Crippen LogP contribution in [0.5, 0.6) is 0 Å². The molecule has 1 rings (SSSR count). The van der Waals surface area contributed by atoms with Gasteiger partial charge in [-0.15, -0.1) is 0 Å². The zero-order valence-electron chi connectivity index (χ0n) is 7.26. The molecule has 0 bridgehead atoms. The van der Waals surface area contributed by atoms with E-state index in [1.54, 1.807) is 0 Å². The molecule has 1 aromatic carbocycles. The molecular weight excluding hydrogens is 259 g/mol. The summed E-state index contributed by atoms with van der Waals surface area (Å²) in [5.74, 6) is 0. The number of hydrogen-bond donors (Lipinski definition) is 0. The van der Waals surface area contributed by atoms with Gasteiger partial charge in [-0.3, -0.25) is 0 Å². The lowest BCUT2D eigenvalue weighted by Crippen LogP contribution is -1.81. The quantitative estimate of drug-likeness (QED) is 0.575. The second-order valence-electron chi connectivity index (χ2n) is 2.64. The maximum atomic E-state index is 2.40. The van der Waals surface area contributed by atoms with Gasteiger partial charge in [0.1, 0.15) is 0 Å². The van der Waals surface area contributed by atoms with Crippen molar-refractivity contribution >= 4 is 28.7 Å². The molecule has 0 amide bonds.